The number of hydrogen-bond acceptors (Lipinski definition) is 3. The summed E-state index contributed by atoms with van der Waals surface area (Å²) >= 11 is 5.74. The summed E-state index contributed by atoms with van der Waals surface area (Å²) in [7, 11) is 0. The molecule has 1 heterocycles. The zero-order chi connectivity index (χ0) is 9.42. The van der Waals surface area contributed by atoms with Crippen LogP contribution in [0.5, 0.6) is 0 Å². The highest BCUT2D eigenvalue weighted by molar-refractivity contribution is 6.31. The molecule has 0 spiro atoms. The van der Waals surface area contributed by atoms with Crippen molar-refractivity contribution in [2.45, 2.75) is 6.92 Å². The Morgan fingerprint density at radius 3 is 3.00 bits per heavy atom. The van der Waals surface area contributed by atoms with Gasteiger partial charge in [-0.3, -0.25) is 4.79 Å². The molecule has 2 aromatic rings. The Morgan fingerprint density at radius 1 is 1.46 bits per heavy atom. The molecule has 0 saturated heterocycles. The molecule has 4 heteroatoms. The molecule has 0 unspecified atom stereocenters. The van der Waals surface area contributed by atoms with Crippen LogP contribution in [0.25, 0.3) is 11.0 Å². The Kier molecular flexibility index (Phi) is 1.81. The summed E-state index contributed by atoms with van der Waals surface area (Å²) in [4.78, 5) is 15.0. The largest absolute Gasteiger partial charge is 0.442 e. The van der Waals surface area contributed by atoms with Gasteiger partial charge in [-0.1, -0.05) is 11.6 Å². The van der Waals surface area contributed by atoms with Crippen LogP contribution in [0.4, 0.5) is 0 Å². The molecule has 66 valence electrons. The lowest BCUT2D eigenvalue weighted by atomic mass is 10.2. The lowest BCUT2D eigenvalue weighted by Crippen LogP contribution is -2.06. The van der Waals surface area contributed by atoms with Gasteiger partial charge >= 0.3 is 0 Å². The van der Waals surface area contributed by atoms with Gasteiger partial charge < -0.3 is 4.42 Å². The molecule has 0 amide bonds. The van der Waals surface area contributed by atoms with Crippen LogP contribution in [0.15, 0.2) is 27.4 Å². The van der Waals surface area contributed by atoms with Crippen LogP contribution in [0.1, 0.15) is 5.89 Å². The molecule has 1 aromatic carbocycles. The van der Waals surface area contributed by atoms with Crippen molar-refractivity contribution in [3.8, 4) is 0 Å². The lowest BCUT2D eigenvalue weighted by molar-refractivity contribution is 0.534. The summed E-state index contributed by atoms with van der Waals surface area (Å²) in [6.07, 6.45) is 0. The molecule has 0 radical (unpaired) electrons. The topological polar surface area (TPSA) is 43.1 Å². The monoisotopic (exact) mass is 195 g/mol. The van der Waals surface area contributed by atoms with Gasteiger partial charge in [-0.15, -0.1) is 0 Å². The Morgan fingerprint density at radius 2 is 2.23 bits per heavy atom. The fraction of sp³-hybridized carbons (Fsp3) is 0.111. The number of nitrogens with zero attached hydrogens (tertiary/aromatic N) is 1. The number of aryl methyl sites for hydroxylation is 1. The zero-order valence-corrected chi connectivity index (χ0v) is 7.63. The van der Waals surface area contributed by atoms with Crippen LogP contribution >= 0.6 is 11.6 Å². The van der Waals surface area contributed by atoms with Gasteiger partial charge in [0.05, 0.1) is 5.39 Å². The molecule has 0 bridgehead atoms. The standard InChI is InChI=1S/C9H6ClNO2/c1-5-11-9(12)7-3-2-6(10)4-8(7)13-5/h2-4H,1H3. The average molecular weight is 196 g/mol. The van der Waals surface area contributed by atoms with E-state index in [1.165, 1.54) is 0 Å². The third-order valence-electron chi connectivity index (χ3n) is 1.69. The summed E-state index contributed by atoms with van der Waals surface area (Å²) in [5.41, 5.74) is 0.195. The first-order chi connectivity index (χ1) is 6.16. The molecule has 0 fully saturated rings. The highest BCUT2D eigenvalue weighted by Crippen LogP contribution is 2.16. The minimum Gasteiger partial charge on any atom is -0.442 e. The van der Waals surface area contributed by atoms with Crippen LogP contribution in [-0.2, 0) is 0 Å². The van der Waals surface area contributed by atoms with Crippen LogP contribution in [-0.4, -0.2) is 4.98 Å². The van der Waals surface area contributed by atoms with Gasteiger partial charge in [-0.25, -0.2) is 0 Å². The number of hydrogen-bond donors (Lipinski definition) is 0. The van der Waals surface area contributed by atoms with E-state index in [0.29, 0.717) is 21.9 Å². The van der Waals surface area contributed by atoms with E-state index in [1.807, 2.05) is 0 Å². The van der Waals surface area contributed by atoms with Crippen molar-refractivity contribution in [3.05, 3.63) is 39.5 Å². The molecular weight excluding hydrogens is 190 g/mol. The fourth-order valence-corrected chi connectivity index (χ4v) is 1.30. The molecule has 1 aromatic heterocycles. The van der Waals surface area contributed by atoms with Gasteiger partial charge in [0, 0.05) is 18.0 Å². The molecule has 3 nitrogen and oxygen atoms in total. The van der Waals surface area contributed by atoms with Crippen molar-refractivity contribution in [2.75, 3.05) is 0 Å². The first kappa shape index (κ1) is 8.26. The van der Waals surface area contributed by atoms with Gasteiger partial charge in [0.1, 0.15) is 5.58 Å². The highest BCUT2D eigenvalue weighted by Gasteiger charge is 2.03. The number of aromatic nitrogens is 1. The predicted octanol–water partition coefficient (Wildman–Crippen LogP) is 2.15. The predicted molar refractivity (Wildman–Crippen MR) is 50.0 cm³/mol. The van der Waals surface area contributed by atoms with Gasteiger partial charge in [-0.05, 0) is 12.1 Å². The first-order valence-electron chi connectivity index (χ1n) is 3.74. The van der Waals surface area contributed by atoms with Crippen molar-refractivity contribution < 1.29 is 4.42 Å². The maximum atomic E-state index is 11.3. The number of rotatable bonds is 0. The molecule has 13 heavy (non-hydrogen) atoms. The van der Waals surface area contributed by atoms with Crippen LogP contribution in [0, 0.1) is 6.92 Å². The second kappa shape index (κ2) is 2.85. The van der Waals surface area contributed by atoms with Crippen LogP contribution in [0.2, 0.25) is 5.02 Å². The maximum Gasteiger partial charge on any atom is 0.283 e. The summed E-state index contributed by atoms with van der Waals surface area (Å²) in [6, 6.07) is 4.85. The van der Waals surface area contributed by atoms with E-state index in [0.717, 1.165) is 0 Å². The van der Waals surface area contributed by atoms with Crippen molar-refractivity contribution in [3.63, 3.8) is 0 Å². The van der Waals surface area contributed by atoms with Crippen molar-refractivity contribution in [1.82, 2.24) is 4.98 Å². The van der Waals surface area contributed by atoms with E-state index in [1.54, 1.807) is 25.1 Å². The van der Waals surface area contributed by atoms with Gasteiger partial charge in [0.15, 0.2) is 5.89 Å². The number of halogens is 1. The summed E-state index contributed by atoms with van der Waals surface area (Å²) < 4.78 is 5.23. The molecule has 0 aliphatic heterocycles. The van der Waals surface area contributed by atoms with Crippen molar-refractivity contribution >= 4 is 22.6 Å². The van der Waals surface area contributed by atoms with Gasteiger partial charge in [0.2, 0.25) is 0 Å². The van der Waals surface area contributed by atoms with E-state index < -0.39 is 0 Å². The van der Waals surface area contributed by atoms with E-state index in [2.05, 4.69) is 4.98 Å². The average Bonchev–Trinajstić information content (AvgIpc) is 2.02. The quantitative estimate of drug-likeness (QED) is 0.647. The third-order valence-corrected chi connectivity index (χ3v) is 1.93. The molecule has 0 aliphatic rings. The lowest BCUT2D eigenvalue weighted by Gasteiger charge is -1.96. The smallest absolute Gasteiger partial charge is 0.283 e. The van der Waals surface area contributed by atoms with E-state index >= 15 is 0 Å². The Labute approximate surface area is 79.0 Å². The van der Waals surface area contributed by atoms with E-state index in [9.17, 15) is 4.79 Å². The van der Waals surface area contributed by atoms with Crippen LogP contribution in [0.3, 0.4) is 0 Å². The highest BCUT2D eigenvalue weighted by atomic mass is 35.5. The van der Waals surface area contributed by atoms with Crippen LogP contribution < -0.4 is 5.56 Å². The van der Waals surface area contributed by atoms with Crippen molar-refractivity contribution in [2.24, 2.45) is 0 Å². The summed E-state index contributed by atoms with van der Waals surface area (Å²) in [5, 5.41) is 0.997. The molecular formula is C9H6ClNO2. The molecule has 0 atom stereocenters. The normalized spacial score (nSPS) is 10.6. The van der Waals surface area contributed by atoms with Crippen molar-refractivity contribution in [1.29, 1.82) is 0 Å². The van der Waals surface area contributed by atoms with Gasteiger partial charge in [-0.2, -0.15) is 4.98 Å². The third kappa shape index (κ3) is 1.42. The summed E-state index contributed by atoms with van der Waals surface area (Å²) in [5.74, 6) is 0.347. The van der Waals surface area contributed by atoms with E-state index in [-0.39, 0.29) is 5.56 Å². The van der Waals surface area contributed by atoms with E-state index in [4.69, 9.17) is 16.0 Å². The second-order valence-electron chi connectivity index (χ2n) is 2.68. The molecule has 0 aliphatic carbocycles. The zero-order valence-electron chi connectivity index (χ0n) is 6.87. The SMILES string of the molecule is Cc1nc(=O)c2ccc(Cl)cc2o1. The molecule has 2 rings (SSSR count). The number of benzene rings is 1. The number of fused-ring (bicyclic) bond motifs is 1. The first-order valence-corrected chi connectivity index (χ1v) is 4.11. The minimum atomic E-state index is -0.282. The summed E-state index contributed by atoms with van der Waals surface area (Å²) in [6.45, 7) is 1.63. The maximum absolute atomic E-state index is 11.3. The Bertz CT molecular complexity index is 513. The molecule has 0 saturated carbocycles. The second-order valence-corrected chi connectivity index (χ2v) is 3.11. The Balaban J connectivity index is 2.95. The minimum absolute atomic E-state index is 0.282. The Hall–Kier alpha value is -1.35. The molecule has 0 N–H and O–H groups in total. The fourth-order valence-electron chi connectivity index (χ4n) is 1.14. The van der Waals surface area contributed by atoms with Gasteiger partial charge in [0.25, 0.3) is 5.56 Å².